The van der Waals surface area contributed by atoms with Gasteiger partial charge in [0.25, 0.3) is 0 Å². The van der Waals surface area contributed by atoms with Crippen LogP contribution in [0.4, 0.5) is 0 Å². The molecule has 1 saturated carbocycles. The fraction of sp³-hybridized carbons (Fsp3) is 0.529. The predicted octanol–water partition coefficient (Wildman–Crippen LogP) is 2.27. The Morgan fingerprint density at radius 1 is 1.40 bits per heavy atom. The molecule has 0 atom stereocenters. The smallest absolute Gasteiger partial charge is 0.123 e. The average Bonchev–Trinajstić information content (AvgIpc) is 2.41. The number of ether oxygens (including phenoxy) is 1. The van der Waals surface area contributed by atoms with Crippen molar-refractivity contribution in [3.63, 3.8) is 0 Å². The van der Waals surface area contributed by atoms with Gasteiger partial charge in [-0.1, -0.05) is 18.3 Å². The minimum absolute atomic E-state index is 0.108. The first-order valence-corrected chi connectivity index (χ1v) is 7.18. The number of aliphatic hydroxyl groups excluding tert-OH is 1. The summed E-state index contributed by atoms with van der Waals surface area (Å²) in [6.07, 6.45) is 4.11. The fourth-order valence-corrected chi connectivity index (χ4v) is 2.59. The lowest BCUT2D eigenvalue weighted by atomic mass is 9.85. The topological polar surface area (TPSA) is 32.7 Å². The summed E-state index contributed by atoms with van der Waals surface area (Å²) in [5.41, 5.74) is 2.07. The summed E-state index contributed by atoms with van der Waals surface area (Å²) in [5, 5.41) is 8.77. The van der Waals surface area contributed by atoms with E-state index in [1.54, 1.807) is 7.11 Å². The van der Waals surface area contributed by atoms with Crippen molar-refractivity contribution in [3.8, 4) is 17.6 Å². The van der Waals surface area contributed by atoms with E-state index in [-0.39, 0.29) is 6.61 Å². The Kier molecular flexibility index (Phi) is 5.46. The van der Waals surface area contributed by atoms with Crippen LogP contribution in [0.2, 0.25) is 0 Å². The van der Waals surface area contributed by atoms with Crippen LogP contribution in [0.25, 0.3) is 0 Å². The van der Waals surface area contributed by atoms with Crippen molar-refractivity contribution < 1.29 is 9.84 Å². The summed E-state index contributed by atoms with van der Waals surface area (Å²) in [7, 11) is 3.85. The van der Waals surface area contributed by atoms with Crippen LogP contribution in [0, 0.1) is 17.8 Å². The number of hydrogen-bond acceptors (Lipinski definition) is 3. The molecule has 1 aromatic rings. The molecule has 0 heterocycles. The number of methoxy groups -OCH3 is 1. The van der Waals surface area contributed by atoms with Gasteiger partial charge in [-0.25, -0.2) is 0 Å². The van der Waals surface area contributed by atoms with E-state index in [1.807, 2.05) is 12.1 Å². The molecule has 0 bridgehead atoms. The van der Waals surface area contributed by atoms with Gasteiger partial charge in [0.15, 0.2) is 0 Å². The van der Waals surface area contributed by atoms with Crippen molar-refractivity contribution in [2.24, 2.45) is 5.92 Å². The largest absolute Gasteiger partial charge is 0.496 e. The molecule has 1 N–H and O–H groups in total. The van der Waals surface area contributed by atoms with E-state index in [0.717, 1.165) is 35.9 Å². The van der Waals surface area contributed by atoms with E-state index in [4.69, 9.17) is 9.84 Å². The van der Waals surface area contributed by atoms with Gasteiger partial charge in [0.05, 0.1) is 7.11 Å². The van der Waals surface area contributed by atoms with Gasteiger partial charge in [-0.05, 0) is 44.0 Å². The van der Waals surface area contributed by atoms with Gasteiger partial charge in [-0.2, -0.15) is 0 Å². The van der Waals surface area contributed by atoms with Crippen LogP contribution in [0.15, 0.2) is 18.2 Å². The maximum absolute atomic E-state index is 8.77. The maximum Gasteiger partial charge on any atom is 0.123 e. The van der Waals surface area contributed by atoms with Crippen LogP contribution < -0.4 is 4.74 Å². The molecule has 1 fully saturated rings. The lowest BCUT2D eigenvalue weighted by Crippen LogP contribution is -2.29. The second-order valence-corrected chi connectivity index (χ2v) is 5.48. The highest BCUT2D eigenvalue weighted by Crippen LogP contribution is 2.28. The molecular weight excluding hydrogens is 250 g/mol. The van der Waals surface area contributed by atoms with Crippen molar-refractivity contribution in [3.05, 3.63) is 29.3 Å². The van der Waals surface area contributed by atoms with Crippen molar-refractivity contribution in [1.82, 2.24) is 4.90 Å². The number of hydrogen-bond donors (Lipinski definition) is 1. The Bertz CT molecular complexity index is 497. The molecule has 0 amide bonds. The third-order valence-electron chi connectivity index (χ3n) is 3.83. The lowest BCUT2D eigenvalue weighted by Gasteiger charge is -2.30. The van der Waals surface area contributed by atoms with Gasteiger partial charge in [0.1, 0.15) is 12.4 Å². The maximum atomic E-state index is 8.77. The zero-order chi connectivity index (χ0) is 14.4. The molecule has 1 aliphatic carbocycles. The van der Waals surface area contributed by atoms with Crippen molar-refractivity contribution in [2.75, 3.05) is 27.3 Å². The average molecular weight is 273 g/mol. The molecule has 3 nitrogen and oxygen atoms in total. The number of nitrogens with zero attached hydrogens (tertiary/aromatic N) is 1. The van der Waals surface area contributed by atoms with Gasteiger partial charge in [-0.3, -0.25) is 0 Å². The Labute approximate surface area is 121 Å². The number of rotatable bonds is 5. The standard InChI is InChI=1S/C17H23NO2/c1-18(12-15-5-3-6-15)13-16-11-14(7-4-10-19)8-9-17(16)20-2/h8-9,11,15,19H,3,5-6,10,12-13H2,1-2H3. The van der Waals surface area contributed by atoms with Gasteiger partial charge in [0, 0.05) is 24.2 Å². The minimum atomic E-state index is -0.108. The van der Waals surface area contributed by atoms with E-state index >= 15 is 0 Å². The van der Waals surface area contributed by atoms with Crippen molar-refractivity contribution in [1.29, 1.82) is 0 Å². The third kappa shape index (κ3) is 4.00. The van der Waals surface area contributed by atoms with Crippen LogP contribution >= 0.6 is 0 Å². The SMILES string of the molecule is COc1ccc(C#CCO)cc1CN(C)CC1CCC1. The fourth-order valence-electron chi connectivity index (χ4n) is 2.59. The third-order valence-corrected chi connectivity index (χ3v) is 3.83. The van der Waals surface area contributed by atoms with Crippen LogP contribution in [0.3, 0.4) is 0 Å². The summed E-state index contributed by atoms with van der Waals surface area (Å²) in [4.78, 5) is 2.35. The first kappa shape index (κ1) is 14.9. The lowest BCUT2D eigenvalue weighted by molar-refractivity contribution is 0.199. The first-order chi connectivity index (χ1) is 9.72. The summed E-state index contributed by atoms with van der Waals surface area (Å²) >= 11 is 0. The molecule has 0 spiro atoms. The van der Waals surface area contributed by atoms with Crippen LogP contribution in [0.1, 0.15) is 30.4 Å². The molecule has 1 aliphatic rings. The predicted molar refractivity (Wildman–Crippen MR) is 80.6 cm³/mol. The molecule has 0 saturated heterocycles. The summed E-state index contributed by atoms with van der Waals surface area (Å²) in [5.74, 6) is 7.40. The highest BCUT2D eigenvalue weighted by Gasteiger charge is 2.19. The van der Waals surface area contributed by atoms with Crippen LogP contribution in [-0.2, 0) is 6.54 Å². The highest BCUT2D eigenvalue weighted by molar-refractivity contribution is 5.44. The molecule has 0 radical (unpaired) electrons. The summed E-state index contributed by atoms with van der Waals surface area (Å²) in [6.45, 7) is 1.91. The molecule has 1 aromatic carbocycles. The van der Waals surface area contributed by atoms with E-state index in [1.165, 1.54) is 19.3 Å². The molecule has 0 aliphatic heterocycles. The van der Waals surface area contributed by atoms with Gasteiger partial charge in [-0.15, -0.1) is 0 Å². The van der Waals surface area contributed by atoms with Crippen LogP contribution in [-0.4, -0.2) is 37.3 Å². The van der Waals surface area contributed by atoms with E-state index in [9.17, 15) is 0 Å². The molecule has 108 valence electrons. The van der Waals surface area contributed by atoms with Crippen molar-refractivity contribution >= 4 is 0 Å². The van der Waals surface area contributed by atoms with Crippen LogP contribution in [0.5, 0.6) is 5.75 Å². The molecule has 3 heteroatoms. The minimum Gasteiger partial charge on any atom is -0.496 e. The number of benzene rings is 1. The van der Waals surface area contributed by atoms with Gasteiger partial charge in [0.2, 0.25) is 0 Å². The monoisotopic (exact) mass is 273 g/mol. The molecular formula is C17H23NO2. The Morgan fingerprint density at radius 2 is 2.20 bits per heavy atom. The quantitative estimate of drug-likeness (QED) is 0.835. The highest BCUT2D eigenvalue weighted by atomic mass is 16.5. The normalized spacial score (nSPS) is 14.6. The first-order valence-electron chi connectivity index (χ1n) is 7.18. The van der Waals surface area contributed by atoms with Gasteiger partial charge >= 0.3 is 0 Å². The van der Waals surface area contributed by atoms with E-state index in [2.05, 4.69) is 29.9 Å². The second-order valence-electron chi connectivity index (χ2n) is 5.48. The Morgan fingerprint density at radius 3 is 2.80 bits per heavy atom. The molecule has 2 rings (SSSR count). The molecule has 0 aromatic heterocycles. The summed E-state index contributed by atoms with van der Waals surface area (Å²) in [6, 6.07) is 5.93. The number of aliphatic hydroxyl groups is 1. The van der Waals surface area contributed by atoms with Gasteiger partial charge < -0.3 is 14.7 Å². The van der Waals surface area contributed by atoms with E-state index in [0.29, 0.717) is 0 Å². The molecule has 20 heavy (non-hydrogen) atoms. The second kappa shape index (κ2) is 7.33. The van der Waals surface area contributed by atoms with Crippen molar-refractivity contribution in [2.45, 2.75) is 25.8 Å². The Hall–Kier alpha value is -1.50. The summed E-state index contributed by atoms with van der Waals surface area (Å²) < 4.78 is 5.43. The van der Waals surface area contributed by atoms with E-state index < -0.39 is 0 Å². The Balaban J connectivity index is 2.06. The zero-order valence-corrected chi connectivity index (χ0v) is 12.4. The zero-order valence-electron chi connectivity index (χ0n) is 12.4. The molecule has 0 unspecified atom stereocenters.